The molecule has 0 fully saturated rings. The summed E-state index contributed by atoms with van der Waals surface area (Å²) in [6.07, 6.45) is 2.03. The highest BCUT2D eigenvalue weighted by Crippen LogP contribution is 2.15. The first-order valence-corrected chi connectivity index (χ1v) is 4.47. The van der Waals surface area contributed by atoms with Crippen LogP contribution in [-0.2, 0) is 0 Å². The molecule has 0 bridgehead atoms. The van der Waals surface area contributed by atoms with Crippen LogP contribution >= 0.6 is 0 Å². The van der Waals surface area contributed by atoms with E-state index in [0.29, 0.717) is 0 Å². The quantitative estimate of drug-likeness (QED) is 0.607. The van der Waals surface area contributed by atoms with E-state index in [4.69, 9.17) is 0 Å². The number of benzene rings is 1. The van der Waals surface area contributed by atoms with E-state index in [1.54, 1.807) is 0 Å². The third-order valence-corrected chi connectivity index (χ3v) is 1.69. The molecule has 68 valence electrons. The van der Waals surface area contributed by atoms with Gasteiger partial charge in [0.1, 0.15) is 0 Å². The van der Waals surface area contributed by atoms with Crippen molar-refractivity contribution in [1.29, 1.82) is 0 Å². The molecule has 0 aliphatic heterocycles. The van der Waals surface area contributed by atoms with Gasteiger partial charge >= 0.3 is 0 Å². The Kier molecular flexibility index (Phi) is 3.44. The van der Waals surface area contributed by atoms with Gasteiger partial charge < -0.3 is 0 Å². The van der Waals surface area contributed by atoms with Gasteiger partial charge in [-0.15, -0.1) is 0 Å². The molecule has 0 aliphatic carbocycles. The van der Waals surface area contributed by atoms with Crippen molar-refractivity contribution in [3.05, 3.63) is 42.0 Å². The van der Waals surface area contributed by atoms with Crippen LogP contribution in [0.1, 0.15) is 26.3 Å². The van der Waals surface area contributed by atoms with E-state index in [0.717, 1.165) is 11.4 Å². The Morgan fingerprint density at radius 3 is 2.23 bits per heavy atom. The molecule has 0 unspecified atom stereocenters. The molecule has 0 aromatic heterocycles. The maximum Gasteiger partial charge on any atom is 0.0658 e. The Morgan fingerprint density at radius 1 is 1.15 bits per heavy atom. The van der Waals surface area contributed by atoms with Crippen molar-refractivity contribution in [1.82, 2.24) is 0 Å². The minimum Gasteiger partial charge on any atom is -0.258 e. The van der Waals surface area contributed by atoms with Gasteiger partial charge in [0.2, 0.25) is 0 Å². The minimum absolute atomic E-state index is 1.04. The topological polar surface area (TPSA) is 12.4 Å². The molecule has 1 heteroatoms. The number of nitrogens with zero attached hydrogens (tertiary/aromatic N) is 1. The van der Waals surface area contributed by atoms with Crippen molar-refractivity contribution < 1.29 is 0 Å². The fourth-order valence-electron chi connectivity index (χ4n) is 1.15. The first-order valence-electron chi connectivity index (χ1n) is 4.47. The smallest absolute Gasteiger partial charge is 0.0658 e. The highest BCUT2D eigenvalue weighted by molar-refractivity contribution is 5.85. The molecule has 0 amide bonds. The molecule has 1 rings (SSSR count). The summed E-state index contributed by atoms with van der Waals surface area (Å²) in [5.41, 5.74) is 3.30. The lowest BCUT2D eigenvalue weighted by Crippen LogP contribution is -1.85. The van der Waals surface area contributed by atoms with Crippen LogP contribution in [0.5, 0.6) is 0 Å². The molecule has 0 aliphatic rings. The highest BCUT2D eigenvalue weighted by atomic mass is 14.7. The van der Waals surface area contributed by atoms with Crippen molar-refractivity contribution in [2.24, 2.45) is 4.99 Å². The van der Waals surface area contributed by atoms with Gasteiger partial charge in [0.05, 0.1) is 5.70 Å². The maximum atomic E-state index is 4.44. The maximum absolute atomic E-state index is 4.44. The van der Waals surface area contributed by atoms with Gasteiger partial charge in [0.15, 0.2) is 0 Å². The summed E-state index contributed by atoms with van der Waals surface area (Å²) in [5, 5.41) is 0. The van der Waals surface area contributed by atoms with Gasteiger partial charge in [0, 0.05) is 5.71 Å². The predicted molar refractivity (Wildman–Crippen MR) is 58.9 cm³/mol. The Morgan fingerprint density at radius 2 is 1.77 bits per heavy atom. The molecule has 0 saturated heterocycles. The van der Waals surface area contributed by atoms with Gasteiger partial charge in [-0.3, -0.25) is 4.99 Å². The van der Waals surface area contributed by atoms with Crippen LogP contribution in [0.3, 0.4) is 0 Å². The summed E-state index contributed by atoms with van der Waals surface area (Å²) < 4.78 is 0. The monoisotopic (exact) mass is 173 g/mol. The zero-order valence-electron chi connectivity index (χ0n) is 8.41. The lowest BCUT2D eigenvalue weighted by Gasteiger charge is -2.01. The predicted octanol–water partition coefficient (Wildman–Crippen LogP) is 3.53. The fourth-order valence-corrected chi connectivity index (χ4v) is 1.15. The molecule has 0 heterocycles. The van der Waals surface area contributed by atoms with Crippen LogP contribution < -0.4 is 0 Å². The highest BCUT2D eigenvalue weighted by Gasteiger charge is 1.95. The van der Waals surface area contributed by atoms with Crippen LogP contribution in [-0.4, -0.2) is 5.71 Å². The van der Waals surface area contributed by atoms with Crippen LogP contribution in [0.25, 0.3) is 5.70 Å². The van der Waals surface area contributed by atoms with E-state index in [-0.39, 0.29) is 0 Å². The van der Waals surface area contributed by atoms with Crippen LogP contribution in [0.15, 0.2) is 41.4 Å². The third kappa shape index (κ3) is 2.86. The van der Waals surface area contributed by atoms with Crippen LogP contribution in [0.2, 0.25) is 0 Å². The minimum atomic E-state index is 1.04. The zero-order valence-corrected chi connectivity index (χ0v) is 8.41. The molecule has 0 saturated carbocycles. The number of hydrogen-bond acceptors (Lipinski definition) is 1. The molecule has 13 heavy (non-hydrogen) atoms. The second-order valence-corrected chi connectivity index (χ2v) is 3.10. The first-order chi connectivity index (χ1) is 6.24. The standard InChI is InChI=1S/C12H15N/c1-4-12(13-10(2)3)11-8-6-5-7-9-11/h4-9H,1-3H3. The molecule has 1 aromatic carbocycles. The summed E-state index contributed by atoms with van der Waals surface area (Å²) in [5.74, 6) is 0. The van der Waals surface area contributed by atoms with E-state index in [9.17, 15) is 0 Å². The second kappa shape index (κ2) is 4.61. The van der Waals surface area contributed by atoms with Gasteiger partial charge in [-0.25, -0.2) is 0 Å². The van der Waals surface area contributed by atoms with Gasteiger partial charge in [-0.1, -0.05) is 36.4 Å². The number of rotatable bonds is 2. The molecular formula is C12H15N. The number of hydrogen-bond donors (Lipinski definition) is 0. The largest absolute Gasteiger partial charge is 0.258 e. The van der Waals surface area contributed by atoms with Crippen molar-refractivity contribution in [3.63, 3.8) is 0 Å². The Hall–Kier alpha value is -1.37. The number of aliphatic imine (C=N–C) groups is 1. The Bertz CT molecular complexity index is 316. The van der Waals surface area contributed by atoms with Crippen molar-refractivity contribution in [3.8, 4) is 0 Å². The van der Waals surface area contributed by atoms with E-state index in [1.165, 1.54) is 5.56 Å². The molecular weight excluding hydrogens is 158 g/mol. The van der Waals surface area contributed by atoms with Gasteiger partial charge in [0.25, 0.3) is 0 Å². The lowest BCUT2D eigenvalue weighted by atomic mass is 10.1. The molecule has 0 radical (unpaired) electrons. The lowest BCUT2D eigenvalue weighted by molar-refractivity contribution is 1.45. The summed E-state index contributed by atoms with van der Waals surface area (Å²) in [4.78, 5) is 4.44. The SMILES string of the molecule is CC=C(N=C(C)C)c1ccccc1. The summed E-state index contributed by atoms with van der Waals surface area (Å²) in [6, 6.07) is 10.2. The van der Waals surface area contributed by atoms with Crippen molar-refractivity contribution in [2.45, 2.75) is 20.8 Å². The fraction of sp³-hybridized carbons (Fsp3) is 0.250. The van der Waals surface area contributed by atoms with Crippen LogP contribution in [0, 0.1) is 0 Å². The summed E-state index contributed by atoms with van der Waals surface area (Å²) >= 11 is 0. The van der Waals surface area contributed by atoms with Crippen LogP contribution in [0.4, 0.5) is 0 Å². The summed E-state index contributed by atoms with van der Waals surface area (Å²) in [7, 11) is 0. The molecule has 0 N–H and O–H groups in total. The molecule has 0 atom stereocenters. The number of allylic oxidation sites excluding steroid dienone is 1. The van der Waals surface area contributed by atoms with Gasteiger partial charge in [-0.2, -0.15) is 0 Å². The average molecular weight is 173 g/mol. The second-order valence-electron chi connectivity index (χ2n) is 3.10. The van der Waals surface area contributed by atoms with E-state index < -0.39 is 0 Å². The normalized spacial score (nSPS) is 11.2. The molecule has 0 spiro atoms. The van der Waals surface area contributed by atoms with Crippen molar-refractivity contribution in [2.75, 3.05) is 0 Å². The molecule has 1 aromatic rings. The Labute approximate surface area is 79.8 Å². The first kappa shape index (κ1) is 9.72. The zero-order chi connectivity index (χ0) is 9.68. The third-order valence-electron chi connectivity index (χ3n) is 1.69. The Balaban J connectivity index is 3.00. The van der Waals surface area contributed by atoms with E-state index >= 15 is 0 Å². The van der Waals surface area contributed by atoms with Crippen molar-refractivity contribution >= 4 is 11.4 Å². The molecule has 1 nitrogen and oxygen atoms in total. The van der Waals surface area contributed by atoms with Gasteiger partial charge in [-0.05, 0) is 26.3 Å². The van der Waals surface area contributed by atoms with E-state index in [1.807, 2.05) is 45.0 Å². The average Bonchev–Trinajstić information content (AvgIpc) is 2.15. The van der Waals surface area contributed by atoms with E-state index in [2.05, 4.69) is 17.1 Å². The summed E-state index contributed by atoms with van der Waals surface area (Å²) in [6.45, 7) is 6.02.